The predicted octanol–water partition coefficient (Wildman–Crippen LogP) is 1.83. The zero-order valence-corrected chi connectivity index (χ0v) is 10.9. The van der Waals surface area contributed by atoms with Crippen LogP contribution in [0.25, 0.3) is 0 Å². The molecule has 0 unspecified atom stereocenters. The van der Waals surface area contributed by atoms with Crippen molar-refractivity contribution in [2.45, 2.75) is 46.7 Å². The lowest BCUT2D eigenvalue weighted by atomic mass is 10.3. The number of carbonyl (C=O) groups excluding carboxylic acids is 2. The molecule has 0 atom stereocenters. The summed E-state index contributed by atoms with van der Waals surface area (Å²) in [6, 6.07) is 2.02. The number of aromatic nitrogens is 1. The number of aryl methyl sites for hydroxylation is 1. The number of hydrogen-bond acceptors (Lipinski definition) is 2. The molecule has 94 valence electrons. The number of nitrogens with one attached hydrogen (secondary N) is 1. The highest BCUT2D eigenvalue weighted by atomic mass is 16.1. The third-order valence-corrected chi connectivity index (χ3v) is 2.75. The molecule has 0 bridgehead atoms. The van der Waals surface area contributed by atoms with Crippen LogP contribution >= 0.6 is 0 Å². The highest BCUT2D eigenvalue weighted by molar-refractivity contribution is 5.77. The van der Waals surface area contributed by atoms with E-state index in [0.29, 0.717) is 18.5 Å². The summed E-state index contributed by atoms with van der Waals surface area (Å²) in [5.41, 5.74) is 2.64. The van der Waals surface area contributed by atoms with Gasteiger partial charge in [-0.1, -0.05) is 0 Å². The first-order valence-corrected chi connectivity index (χ1v) is 5.87. The van der Waals surface area contributed by atoms with Crippen molar-refractivity contribution in [2.75, 3.05) is 0 Å². The second-order valence-corrected chi connectivity index (χ2v) is 4.57. The van der Waals surface area contributed by atoms with E-state index in [4.69, 9.17) is 0 Å². The van der Waals surface area contributed by atoms with Crippen LogP contribution in [0.3, 0.4) is 0 Å². The van der Waals surface area contributed by atoms with E-state index >= 15 is 0 Å². The zero-order valence-electron chi connectivity index (χ0n) is 10.9. The van der Waals surface area contributed by atoms with E-state index in [2.05, 4.69) is 5.32 Å². The van der Waals surface area contributed by atoms with Crippen LogP contribution in [0.2, 0.25) is 0 Å². The van der Waals surface area contributed by atoms with Gasteiger partial charge in [0, 0.05) is 36.0 Å². The maximum atomic E-state index is 11.5. The molecular weight excluding hydrogens is 216 g/mol. The summed E-state index contributed by atoms with van der Waals surface area (Å²) in [6.07, 6.45) is 1.29. The van der Waals surface area contributed by atoms with Gasteiger partial charge in [0.15, 0.2) is 6.29 Å². The molecule has 0 saturated carbocycles. The Morgan fingerprint density at radius 1 is 1.47 bits per heavy atom. The minimum Gasteiger partial charge on any atom is -0.354 e. The molecule has 0 saturated heterocycles. The van der Waals surface area contributed by atoms with E-state index in [-0.39, 0.29) is 11.9 Å². The molecule has 0 aliphatic heterocycles. The molecule has 1 aromatic rings. The Morgan fingerprint density at radius 2 is 2.12 bits per heavy atom. The van der Waals surface area contributed by atoms with Gasteiger partial charge in [-0.3, -0.25) is 9.59 Å². The van der Waals surface area contributed by atoms with Gasteiger partial charge in [0.1, 0.15) is 0 Å². The molecule has 0 aliphatic rings. The zero-order chi connectivity index (χ0) is 13.0. The predicted molar refractivity (Wildman–Crippen MR) is 67.2 cm³/mol. The van der Waals surface area contributed by atoms with Gasteiger partial charge in [-0.15, -0.1) is 0 Å². The molecule has 0 fully saturated rings. The molecule has 1 rings (SSSR count). The summed E-state index contributed by atoms with van der Waals surface area (Å²) in [5.74, 6) is 0.0418. The van der Waals surface area contributed by atoms with E-state index in [1.165, 1.54) is 0 Å². The number of hydrogen-bond donors (Lipinski definition) is 1. The van der Waals surface area contributed by atoms with Crippen molar-refractivity contribution in [3.05, 3.63) is 23.0 Å². The minimum atomic E-state index is 0.0418. The van der Waals surface area contributed by atoms with Crippen LogP contribution in [0.5, 0.6) is 0 Å². The Kier molecular flexibility index (Phi) is 4.49. The van der Waals surface area contributed by atoms with E-state index < -0.39 is 0 Å². The first-order valence-electron chi connectivity index (χ1n) is 5.87. The van der Waals surface area contributed by atoms with Crippen molar-refractivity contribution in [1.82, 2.24) is 9.88 Å². The summed E-state index contributed by atoms with van der Waals surface area (Å²) in [7, 11) is 0. The Bertz CT molecular complexity index is 419. The molecule has 17 heavy (non-hydrogen) atoms. The van der Waals surface area contributed by atoms with E-state index in [0.717, 1.165) is 17.7 Å². The summed E-state index contributed by atoms with van der Waals surface area (Å²) in [6.45, 7) is 8.34. The SMILES string of the molecule is Cc1cc(C=O)c(C)n1CCC(=O)NC(C)C. The van der Waals surface area contributed by atoms with E-state index in [1.807, 2.05) is 38.3 Å². The van der Waals surface area contributed by atoms with Crippen LogP contribution in [-0.4, -0.2) is 22.8 Å². The molecule has 0 aromatic carbocycles. The number of aldehydes is 1. The van der Waals surface area contributed by atoms with Gasteiger partial charge in [0.25, 0.3) is 0 Å². The third-order valence-electron chi connectivity index (χ3n) is 2.75. The Balaban J connectivity index is 2.66. The van der Waals surface area contributed by atoms with Crippen molar-refractivity contribution < 1.29 is 9.59 Å². The van der Waals surface area contributed by atoms with Crippen molar-refractivity contribution in [1.29, 1.82) is 0 Å². The van der Waals surface area contributed by atoms with Crippen molar-refractivity contribution >= 4 is 12.2 Å². The number of carbonyl (C=O) groups is 2. The monoisotopic (exact) mass is 236 g/mol. The van der Waals surface area contributed by atoms with Crippen molar-refractivity contribution in [3.8, 4) is 0 Å². The normalized spacial score (nSPS) is 10.6. The molecule has 0 radical (unpaired) electrons. The van der Waals surface area contributed by atoms with Gasteiger partial charge in [0.2, 0.25) is 5.91 Å². The maximum absolute atomic E-state index is 11.5. The Hall–Kier alpha value is -1.58. The van der Waals surface area contributed by atoms with Crippen LogP contribution < -0.4 is 5.32 Å². The average molecular weight is 236 g/mol. The third kappa shape index (κ3) is 3.44. The topological polar surface area (TPSA) is 51.1 Å². The molecule has 1 aromatic heterocycles. The van der Waals surface area contributed by atoms with Crippen LogP contribution in [0, 0.1) is 13.8 Å². The second kappa shape index (κ2) is 5.66. The second-order valence-electron chi connectivity index (χ2n) is 4.57. The van der Waals surface area contributed by atoms with Gasteiger partial charge < -0.3 is 9.88 Å². The van der Waals surface area contributed by atoms with Crippen molar-refractivity contribution in [3.63, 3.8) is 0 Å². The van der Waals surface area contributed by atoms with Gasteiger partial charge in [0.05, 0.1) is 0 Å². The van der Waals surface area contributed by atoms with E-state index in [9.17, 15) is 9.59 Å². The van der Waals surface area contributed by atoms with Crippen LogP contribution in [0.1, 0.15) is 42.0 Å². The molecule has 1 N–H and O–H groups in total. The quantitative estimate of drug-likeness (QED) is 0.793. The highest BCUT2D eigenvalue weighted by Gasteiger charge is 2.10. The number of nitrogens with zero attached hydrogens (tertiary/aromatic N) is 1. The molecule has 4 heteroatoms. The van der Waals surface area contributed by atoms with Crippen LogP contribution in [-0.2, 0) is 11.3 Å². The van der Waals surface area contributed by atoms with Gasteiger partial charge in [-0.2, -0.15) is 0 Å². The summed E-state index contributed by atoms with van der Waals surface area (Å²) < 4.78 is 2.00. The van der Waals surface area contributed by atoms with Crippen LogP contribution in [0.4, 0.5) is 0 Å². The van der Waals surface area contributed by atoms with Crippen LogP contribution in [0.15, 0.2) is 6.07 Å². The van der Waals surface area contributed by atoms with E-state index in [1.54, 1.807) is 0 Å². The van der Waals surface area contributed by atoms with Gasteiger partial charge in [-0.05, 0) is 33.8 Å². The standard InChI is InChI=1S/C13H20N2O2/c1-9(2)14-13(17)5-6-15-10(3)7-12(8-16)11(15)4/h7-9H,5-6H2,1-4H3,(H,14,17). The lowest BCUT2D eigenvalue weighted by Gasteiger charge is -2.11. The van der Waals surface area contributed by atoms with Crippen molar-refractivity contribution in [2.24, 2.45) is 0 Å². The maximum Gasteiger partial charge on any atom is 0.221 e. The lowest BCUT2D eigenvalue weighted by molar-refractivity contribution is -0.121. The molecule has 4 nitrogen and oxygen atoms in total. The fourth-order valence-corrected chi connectivity index (χ4v) is 1.90. The Labute approximate surface area is 102 Å². The first kappa shape index (κ1) is 13.5. The molecule has 1 amide bonds. The number of rotatable bonds is 5. The fourth-order valence-electron chi connectivity index (χ4n) is 1.90. The lowest BCUT2D eigenvalue weighted by Crippen LogP contribution is -2.30. The summed E-state index contributed by atoms with van der Waals surface area (Å²) >= 11 is 0. The molecule has 0 spiro atoms. The molecule has 1 heterocycles. The van der Waals surface area contributed by atoms with Gasteiger partial charge in [-0.25, -0.2) is 0 Å². The largest absolute Gasteiger partial charge is 0.354 e. The highest BCUT2D eigenvalue weighted by Crippen LogP contribution is 2.13. The average Bonchev–Trinajstić information content (AvgIpc) is 2.50. The Morgan fingerprint density at radius 3 is 2.59 bits per heavy atom. The minimum absolute atomic E-state index is 0.0418. The van der Waals surface area contributed by atoms with Gasteiger partial charge >= 0.3 is 0 Å². The molecular formula is C13H20N2O2. The summed E-state index contributed by atoms with van der Waals surface area (Å²) in [5, 5.41) is 2.85. The smallest absolute Gasteiger partial charge is 0.221 e. The first-order chi connectivity index (χ1) is 7.95. The summed E-state index contributed by atoms with van der Waals surface area (Å²) in [4.78, 5) is 22.3. The fraction of sp³-hybridized carbons (Fsp3) is 0.538. The number of amides is 1. The molecule has 0 aliphatic carbocycles.